The molecule has 0 saturated heterocycles. The first kappa shape index (κ1) is 17.6. The van der Waals surface area contributed by atoms with Crippen molar-refractivity contribution < 1.29 is 4.79 Å². The molecule has 4 N–H and O–H groups in total. The molecule has 76 valence electrons. The van der Waals surface area contributed by atoms with Crippen LogP contribution in [0.3, 0.4) is 0 Å². The predicted octanol–water partition coefficient (Wildman–Crippen LogP) is 0.712. The molecule has 0 spiro atoms. The van der Waals surface area contributed by atoms with E-state index in [4.69, 9.17) is 5.73 Å². The quantitative estimate of drug-likeness (QED) is 0.611. The highest BCUT2D eigenvalue weighted by molar-refractivity contribution is 5.85. The fraction of sp³-hybridized carbons (Fsp3) is 0.857. The lowest BCUT2D eigenvalue weighted by molar-refractivity contribution is 0.242. The molecule has 12 heavy (non-hydrogen) atoms. The third-order valence-corrected chi connectivity index (χ3v) is 0.675. The van der Waals surface area contributed by atoms with Crippen LogP contribution in [-0.4, -0.2) is 25.7 Å². The van der Waals surface area contributed by atoms with Crippen LogP contribution >= 0.6 is 12.4 Å². The first-order chi connectivity index (χ1) is 5.22. The molecule has 0 aliphatic heterocycles. The average Bonchev–Trinajstić information content (AvgIpc) is 1.90. The predicted molar refractivity (Wildman–Crippen MR) is 54.7 cm³/mol. The summed E-state index contributed by atoms with van der Waals surface area (Å²) >= 11 is 0. The molecule has 0 aromatic rings. The van der Waals surface area contributed by atoms with E-state index in [0.717, 1.165) is 6.54 Å². The number of hydrogen-bond acceptors (Lipinski definition) is 2. The van der Waals surface area contributed by atoms with E-state index in [9.17, 15) is 4.79 Å². The van der Waals surface area contributed by atoms with Gasteiger partial charge in [0.25, 0.3) is 0 Å². The number of nitrogens with two attached hydrogens (primary N) is 1. The molecule has 0 fully saturated rings. The van der Waals surface area contributed by atoms with Crippen molar-refractivity contribution in [3.8, 4) is 0 Å². The number of halogens is 1. The number of urea groups is 1. The number of amides is 2. The summed E-state index contributed by atoms with van der Waals surface area (Å²) in [6.45, 7) is 7.79. The number of carbonyl (C=O) groups is 1. The van der Waals surface area contributed by atoms with Gasteiger partial charge in [0.15, 0.2) is 0 Å². The van der Waals surface area contributed by atoms with E-state index in [1.807, 2.05) is 20.8 Å². The zero-order valence-corrected chi connectivity index (χ0v) is 8.83. The van der Waals surface area contributed by atoms with E-state index in [2.05, 4.69) is 10.6 Å². The van der Waals surface area contributed by atoms with Crippen LogP contribution in [0.1, 0.15) is 20.8 Å². The minimum atomic E-state index is -0.0880. The summed E-state index contributed by atoms with van der Waals surface area (Å²) in [7, 11) is 0. The van der Waals surface area contributed by atoms with E-state index in [0.29, 0.717) is 13.1 Å². The molecule has 0 radical (unpaired) electrons. The number of nitrogens with one attached hydrogen (secondary N) is 2. The van der Waals surface area contributed by atoms with E-state index in [-0.39, 0.29) is 18.4 Å². The number of hydrogen-bond donors (Lipinski definition) is 3. The molecule has 5 heteroatoms. The van der Waals surface area contributed by atoms with Crippen LogP contribution in [0.4, 0.5) is 4.79 Å². The Bertz CT molecular complexity index is 82.7. The van der Waals surface area contributed by atoms with Gasteiger partial charge in [-0.25, -0.2) is 4.79 Å². The summed E-state index contributed by atoms with van der Waals surface area (Å²) in [6.07, 6.45) is 0. The first-order valence-electron chi connectivity index (χ1n) is 3.94. The van der Waals surface area contributed by atoms with Gasteiger partial charge in [0.1, 0.15) is 0 Å². The summed E-state index contributed by atoms with van der Waals surface area (Å²) in [5.41, 5.74) is 4.85. The summed E-state index contributed by atoms with van der Waals surface area (Å²) in [5.74, 6) is 0. The van der Waals surface area contributed by atoms with Crippen LogP contribution in [0.5, 0.6) is 0 Å². The Labute approximate surface area is 80.7 Å². The van der Waals surface area contributed by atoms with Gasteiger partial charge in [-0.1, -0.05) is 6.92 Å². The van der Waals surface area contributed by atoms with Gasteiger partial charge in [0, 0.05) is 13.1 Å². The highest BCUT2D eigenvalue weighted by Crippen LogP contribution is 1.60. The Hall–Kier alpha value is -0.480. The summed E-state index contributed by atoms with van der Waals surface area (Å²) in [6, 6.07) is -0.0880. The molecule has 0 aromatic heterocycles. The molecule has 0 atom stereocenters. The lowest BCUT2D eigenvalue weighted by atomic mass is 10.7. The van der Waals surface area contributed by atoms with Crippen molar-refractivity contribution in [1.82, 2.24) is 10.6 Å². The molecule has 0 aromatic carbocycles. The highest BCUT2D eigenvalue weighted by atomic mass is 35.5. The average molecular weight is 198 g/mol. The monoisotopic (exact) mass is 197 g/mol. The van der Waals surface area contributed by atoms with E-state index < -0.39 is 0 Å². The van der Waals surface area contributed by atoms with Gasteiger partial charge in [-0.05, 0) is 20.4 Å². The van der Waals surface area contributed by atoms with Crippen molar-refractivity contribution in [2.45, 2.75) is 20.8 Å². The zero-order valence-electron chi connectivity index (χ0n) is 8.02. The van der Waals surface area contributed by atoms with Crippen molar-refractivity contribution >= 4 is 18.4 Å². The molecule has 4 nitrogen and oxygen atoms in total. The van der Waals surface area contributed by atoms with Crippen molar-refractivity contribution in [2.24, 2.45) is 5.73 Å². The second kappa shape index (κ2) is 16.9. The normalized spacial score (nSPS) is 7.00. The Morgan fingerprint density at radius 2 is 1.42 bits per heavy atom. The van der Waals surface area contributed by atoms with Crippen LogP contribution in [-0.2, 0) is 0 Å². The molecular formula is C7H20ClN3O. The standard InChI is InChI=1S/C5H12N2O.C2H7N.ClH/c1-3-6-5(8)7-4-2;1-2-3;/h3-4H2,1-2H3,(H2,6,7,8);2-3H2,1H3;1H. The number of rotatable bonds is 2. The Balaban J connectivity index is -0.000000177. The molecule has 0 saturated carbocycles. The lowest BCUT2D eigenvalue weighted by Crippen LogP contribution is -2.34. The van der Waals surface area contributed by atoms with Gasteiger partial charge in [0.2, 0.25) is 0 Å². The minimum absolute atomic E-state index is 0. The largest absolute Gasteiger partial charge is 0.338 e. The van der Waals surface area contributed by atoms with Crippen LogP contribution < -0.4 is 16.4 Å². The van der Waals surface area contributed by atoms with Gasteiger partial charge < -0.3 is 16.4 Å². The highest BCUT2D eigenvalue weighted by Gasteiger charge is 1.89. The maximum Gasteiger partial charge on any atom is 0.314 e. The fourth-order valence-electron chi connectivity index (χ4n) is 0.384. The third kappa shape index (κ3) is 22.7. The second-order valence-electron chi connectivity index (χ2n) is 1.80. The topological polar surface area (TPSA) is 67.1 Å². The smallest absolute Gasteiger partial charge is 0.314 e. The second-order valence-corrected chi connectivity index (χ2v) is 1.80. The van der Waals surface area contributed by atoms with Crippen molar-refractivity contribution in [1.29, 1.82) is 0 Å². The molecule has 0 bridgehead atoms. The molecular weight excluding hydrogens is 178 g/mol. The van der Waals surface area contributed by atoms with Gasteiger partial charge in [-0.3, -0.25) is 0 Å². The van der Waals surface area contributed by atoms with Gasteiger partial charge in [-0.15, -0.1) is 12.4 Å². The molecule has 0 unspecified atom stereocenters. The van der Waals surface area contributed by atoms with Gasteiger partial charge in [-0.2, -0.15) is 0 Å². The molecule has 2 amide bonds. The van der Waals surface area contributed by atoms with E-state index in [1.54, 1.807) is 0 Å². The minimum Gasteiger partial charge on any atom is -0.338 e. The third-order valence-electron chi connectivity index (χ3n) is 0.675. The summed E-state index contributed by atoms with van der Waals surface area (Å²) in [5, 5.41) is 5.19. The SMILES string of the molecule is CCN.CCNC(=O)NCC.Cl. The lowest BCUT2D eigenvalue weighted by Gasteiger charge is -1.99. The van der Waals surface area contributed by atoms with Crippen LogP contribution in [0.2, 0.25) is 0 Å². The van der Waals surface area contributed by atoms with E-state index >= 15 is 0 Å². The zero-order chi connectivity index (χ0) is 9.11. The summed E-state index contributed by atoms with van der Waals surface area (Å²) in [4.78, 5) is 10.4. The summed E-state index contributed by atoms with van der Waals surface area (Å²) < 4.78 is 0. The van der Waals surface area contributed by atoms with Crippen LogP contribution in [0.25, 0.3) is 0 Å². The Morgan fingerprint density at radius 3 is 1.58 bits per heavy atom. The van der Waals surface area contributed by atoms with Gasteiger partial charge >= 0.3 is 6.03 Å². The Morgan fingerprint density at radius 1 is 1.17 bits per heavy atom. The first-order valence-corrected chi connectivity index (χ1v) is 3.94. The number of carbonyl (C=O) groups excluding carboxylic acids is 1. The van der Waals surface area contributed by atoms with Crippen molar-refractivity contribution in [3.05, 3.63) is 0 Å². The van der Waals surface area contributed by atoms with Crippen LogP contribution in [0, 0.1) is 0 Å². The van der Waals surface area contributed by atoms with E-state index in [1.165, 1.54) is 0 Å². The fourth-order valence-corrected chi connectivity index (χ4v) is 0.384. The van der Waals surface area contributed by atoms with Crippen molar-refractivity contribution in [2.75, 3.05) is 19.6 Å². The molecule has 0 heterocycles. The van der Waals surface area contributed by atoms with Crippen molar-refractivity contribution in [3.63, 3.8) is 0 Å². The maximum atomic E-state index is 10.4. The van der Waals surface area contributed by atoms with Gasteiger partial charge in [0.05, 0.1) is 0 Å². The molecule has 0 aliphatic rings. The Kier molecular flexibility index (Phi) is 24.7. The van der Waals surface area contributed by atoms with Crippen LogP contribution in [0.15, 0.2) is 0 Å². The molecule has 0 rings (SSSR count). The maximum absolute atomic E-state index is 10.4. The molecule has 0 aliphatic carbocycles.